The maximum atomic E-state index is 4.29. The maximum absolute atomic E-state index is 4.29. The van der Waals surface area contributed by atoms with E-state index in [1.807, 2.05) is 17.8 Å². The molecule has 0 atom stereocenters. The van der Waals surface area contributed by atoms with E-state index in [1.165, 1.54) is 28.3 Å². The summed E-state index contributed by atoms with van der Waals surface area (Å²) in [6.07, 6.45) is 0. The third kappa shape index (κ3) is 5.43. The molecule has 3 rings (SSSR count). The van der Waals surface area contributed by atoms with Crippen molar-refractivity contribution in [1.82, 2.24) is 10.6 Å². The molecular formula is C20H26N4S. The molecule has 1 fully saturated rings. The van der Waals surface area contributed by atoms with E-state index < -0.39 is 0 Å². The Morgan fingerprint density at radius 1 is 0.920 bits per heavy atom. The van der Waals surface area contributed by atoms with E-state index in [1.54, 1.807) is 7.05 Å². The van der Waals surface area contributed by atoms with E-state index in [0.29, 0.717) is 0 Å². The van der Waals surface area contributed by atoms with E-state index in [9.17, 15) is 0 Å². The predicted molar refractivity (Wildman–Crippen MR) is 109 cm³/mol. The van der Waals surface area contributed by atoms with Crippen molar-refractivity contribution >= 4 is 23.4 Å². The van der Waals surface area contributed by atoms with Gasteiger partial charge in [-0.3, -0.25) is 4.99 Å². The Hall–Kier alpha value is -2.14. The van der Waals surface area contributed by atoms with Crippen molar-refractivity contribution in [3.8, 4) is 0 Å². The molecule has 0 amide bonds. The first kappa shape index (κ1) is 17.7. The van der Waals surface area contributed by atoms with Gasteiger partial charge in [-0.1, -0.05) is 42.5 Å². The molecule has 25 heavy (non-hydrogen) atoms. The summed E-state index contributed by atoms with van der Waals surface area (Å²) in [4.78, 5) is 6.76. The van der Waals surface area contributed by atoms with Crippen molar-refractivity contribution < 1.29 is 0 Å². The smallest absolute Gasteiger partial charge is 0.191 e. The Bertz CT molecular complexity index is 664. The van der Waals surface area contributed by atoms with Crippen LogP contribution >= 0.6 is 11.8 Å². The Morgan fingerprint density at radius 2 is 1.52 bits per heavy atom. The normalized spacial score (nSPS) is 15.1. The zero-order chi connectivity index (χ0) is 17.3. The summed E-state index contributed by atoms with van der Waals surface area (Å²) in [5.74, 6) is 3.28. The molecule has 0 saturated carbocycles. The topological polar surface area (TPSA) is 39.7 Å². The van der Waals surface area contributed by atoms with Gasteiger partial charge in [0.2, 0.25) is 0 Å². The van der Waals surface area contributed by atoms with Gasteiger partial charge in [-0.15, -0.1) is 0 Å². The molecule has 0 bridgehead atoms. The highest BCUT2D eigenvalue weighted by Gasteiger charge is 2.10. The van der Waals surface area contributed by atoms with Crippen molar-refractivity contribution in [2.45, 2.75) is 13.1 Å². The lowest BCUT2D eigenvalue weighted by Gasteiger charge is -2.28. The Labute approximate surface area is 154 Å². The standard InChI is InChI=1S/C20H26N4S/c1-21-20(22-15-17-5-3-2-4-6-17)23-16-18-7-9-19(10-8-18)24-11-13-25-14-12-24/h2-10H,11-16H2,1H3,(H2,21,22,23). The number of aliphatic imine (C=N–C) groups is 1. The van der Waals surface area contributed by atoms with Gasteiger partial charge >= 0.3 is 0 Å². The number of thioether (sulfide) groups is 1. The van der Waals surface area contributed by atoms with Gasteiger partial charge in [0.25, 0.3) is 0 Å². The van der Waals surface area contributed by atoms with Crippen LogP contribution in [-0.4, -0.2) is 37.6 Å². The van der Waals surface area contributed by atoms with Gasteiger partial charge in [0.05, 0.1) is 0 Å². The minimum atomic E-state index is 0.768. The molecule has 2 aromatic rings. The lowest BCUT2D eigenvalue weighted by Crippen LogP contribution is -2.36. The van der Waals surface area contributed by atoms with Gasteiger partial charge in [0.1, 0.15) is 0 Å². The van der Waals surface area contributed by atoms with Crippen LogP contribution in [0.4, 0.5) is 5.69 Å². The van der Waals surface area contributed by atoms with Gasteiger partial charge in [-0.05, 0) is 23.3 Å². The molecule has 1 saturated heterocycles. The number of benzene rings is 2. The molecule has 0 aromatic heterocycles. The number of hydrogen-bond acceptors (Lipinski definition) is 3. The Kier molecular flexibility index (Phi) is 6.63. The quantitative estimate of drug-likeness (QED) is 0.639. The van der Waals surface area contributed by atoms with Crippen LogP contribution in [0.2, 0.25) is 0 Å². The largest absolute Gasteiger partial charge is 0.370 e. The highest BCUT2D eigenvalue weighted by Crippen LogP contribution is 2.19. The van der Waals surface area contributed by atoms with Gasteiger partial charge in [-0.2, -0.15) is 11.8 Å². The third-order valence-corrected chi connectivity index (χ3v) is 5.24. The Morgan fingerprint density at radius 3 is 2.12 bits per heavy atom. The van der Waals surface area contributed by atoms with Crippen molar-refractivity contribution in [2.24, 2.45) is 4.99 Å². The summed E-state index contributed by atoms with van der Waals surface area (Å²) in [5, 5.41) is 6.72. The summed E-state index contributed by atoms with van der Waals surface area (Å²) in [6.45, 7) is 3.84. The monoisotopic (exact) mass is 354 g/mol. The van der Waals surface area contributed by atoms with Crippen LogP contribution in [0.1, 0.15) is 11.1 Å². The van der Waals surface area contributed by atoms with Gasteiger partial charge in [0, 0.05) is 50.4 Å². The molecule has 0 radical (unpaired) electrons. The van der Waals surface area contributed by atoms with Crippen LogP contribution in [0.5, 0.6) is 0 Å². The third-order valence-electron chi connectivity index (χ3n) is 4.30. The van der Waals surface area contributed by atoms with Crippen LogP contribution in [0, 0.1) is 0 Å². The number of nitrogens with zero attached hydrogens (tertiary/aromatic N) is 2. The first-order valence-electron chi connectivity index (χ1n) is 8.75. The second kappa shape index (κ2) is 9.37. The van der Waals surface area contributed by atoms with Crippen molar-refractivity contribution in [3.05, 3.63) is 65.7 Å². The summed E-state index contributed by atoms with van der Waals surface area (Å²) in [7, 11) is 1.80. The zero-order valence-corrected chi connectivity index (χ0v) is 15.6. The van der Waals surface area contributed by atoms with Gasteiger partial charge in [-0.25, -0.2) is 0 Å². The van der Waals surface area contributed by atoms with Crippen LogP contribution < -0.4 is 15.5 Å². The molecule has 5 heteroatoms. The highest BCUT2D eigenvalue weighted by molar-refractivity contribution is 7.99. The summed E-state index contributed by atoms with van der Waals surface area (Å²) < 4.78 is 0. The lowest BCUT2D eigenvalue weighted by molar-refractivity contribution is 0.808. The van der Waals surface area contributed by atoms with Crippen LogP contribution in [0.15, 0.2) is 59.6 Å². The SMILES string of the molecule is CN=C(NCc1ccccc1)NCc1ccc(N2CCSCC2)cc1. The predicted octanol–water partition coefficient (Wildman–Crippen LogP) is 3.11. The van der Waals surface area contributed by atoms with Crippen LogP contribution in [0.3, 0.4) is 0 Å². The lowest BCUT2D eigenvalue weighted by atomic mass is 10.2. The number of guanidine groups is 1. The van der Waals surface area contributed by atoms with E-state index in [4.69, 9.17) is 0 Å². The molecule has 0 unspecified atom stereocenters. The van der Waals surface area contributed by atoms with Gasteiger partial charge < -0.3 is 15.5 Å². The van der Waals surface area contributed by atoms with Crippen molar-refractivity contribution in [2.75, 3.05) is 36.5 Å². The molecular weight excluding hydrogens is 328 g/mol. The van der Waals surface area contributed by atoms with E-state index in [2.05, 4.69) is 69.1 Å². The molecule has 0 spiro atoms. The van der Waals surface area contributed by atoms with Gasteiger partial charge in [0.15, 0.2) is 5.96 Å². The average Bonchev–Trinajstić information content (AvgIpc) is 2.70. The summed E-state index contributed by atoms with van der Waals surface area (Å²) >= 11 is 2.04. The first-order chi connectivity index (χ1) is 12.3. The summed E-state index contributed by atoms with van der Waals surface area (Å²) in [6, 6.07) is 19.2. The van der Waals surface area contributed by atoms with Crippen molar-refractivity contribution in [3.63, 3.8) is 0 Å². The van der Waals surface area contributed by atoms with Crippen LogP contribution in [0.25, 0.3) is 0 Å². The van der Waals surface area contributed by atoms with Crippen molar-refractivity contribution in [1.29, 1.82) is 0 Å². The van der Waals surface area contributed by atoms with Crippen LogP contribution in [-0.2, 0) is 13.1 Å². The number of nitrogens with one attached hydrogen (secondary N) is 2. The Balaban J connectivity index is 1.48. The minimum Gasteiger partial charge on any atom is -0.370 e. The van der Waals surface area contributed by atoms with E-state index in [0.717, 1.165) is 32.1 Å². The number of hydrogen-bond donors (Lipinski definition) is 2. The molecule has 2 N–H and O–H groups in total. The molecule has 4 nitrogen and oxygen atoms in total. The molecule has 1 aliphatic rings. The molecule has 2 aromatic carbocycles. The number of rotatable bonds is 5. The molecule has 132 valence electrons. The highest BCUT2D eigenvalue weighted by atomic mass is 32.2. The zero-order valence-electron chi connectivity index (χ0n) is 14.7. The molecule has 1 heterocycles. The minimum absolute atomic E-state index is 0.768. The fraction of sp³-hybridized carbons (Fsp3) is 0.350. The molecule has 0 aliphatic carbocycles. The average molecular weight is 355 g/mol. The fourth-order valence-electron chi connectivity index (χ4n) is 2.83. The molecule has 1 aliphatic heterocycles. The second-order valence-electron chi connectivity index (χ2n) is 6.03. The summed E-state index contributed by atoms with van der Waals surface area (Å²) in [5.41, 5.74) is 3.84. The fourth-order valence-corrected chi connectivity index (χ4v) is 3.74. The van der Waals surface area contributed by atoms with E-state index >= 15 is 0 Å². The maximum Gasteiger partial charge on any atom is 0.191 e. The van der Waals surface area contributed by atoms with E-state index in [-0.39, 0.29) is 0 Å². The first-order valence-corrected chi connectivity index (χ1v) is 9.91. The second-order valence-corrected chi connectivity index (χ2v) is 7.26. The number of anilines is 1.